The Morgan fingerprint density at radius 2 is 1.62 bits per heavy atom. The molecule has 1 aromatic carbocycles. The summed E-state index contributed by atoms with van der Waals surface area (Å²) < 4.78 is 0. The first-order chi connectivity index (χ1) is 14.3. The van der Waals surface area contributed by atoms with Crippen molar-refractivity contribution >= 4 is 0 Å². The molecule has 0 aliphatic heterocycles. The van der Waals surface area contributed by atoms with Crippen molar-refractivity contribution in [3.63, 3.8) is 0 Å². The maximum absolute atomic E-state index is 4.72. The van der Waals surface area contributed by atoms with Crippen LogP contribution in [0.4, 0.5) is 0 Å². The molecule has 5 heteroatoms. The number of aromatic amines is 1. The predicted molar refractivity (Wildman–Crippen MR) is 115 cm³/mol. The van der Waals surface area contributed by atoms with Crippen LogP contribution in [0.2, 0.25) is 0 Å². The highest BCUT2D eigenvalue weighted by atomic mass is 15.1. The fraction of sp³-hybridized carbons (Fsp3) is 0.208. The number of hydrogen-bond donors (Lipinski definition) is 1. The summed E-state index contributed by atoms with van der Waals surface area (Å²) in [4.78, 5) is 19.1. The normalized spacial score (nSPS) is 11.1. The van der Waals surface area contributed by atoms with Crippen LogP contribution in [-0.4, -0.2) is 31.4 Å². The van der Waals surface area contributed by atoms with Gasteiger partial charge in [0.2, 0.25) is 0 Å². The molecule has 1 N–H and O–H groups in total. The lowest BCUT2D eigenvalue weighted by molar-refractivity contribution is 0.253. The molecule has 29 heavy (non-hydrogen) atoms. The van der Waals surface area contributed by atoms with Crippen molar-refractivity contribution in [3.05, 3.63) is 102 Å². The zero-order chi connectivity index (χ0) is 19.9. The molecule has 3 aromatic heterocycles. The minimum absolute atomic E-state index is 0.759. The number of pyridine rings is 2. The standard InChI is InChI=1S/C24H25N5/c1-19-7-5-12-26-23(19)16-29(14-11-21-15-25-18-28-21)17-24-22(10-6-13-27-24)20-8-3-2-4-9-20/h2-10,12-13,15,18H,11,14,16-17H2,1H3,(H,25,28). The number of rotatable bonds is 8. The highest BCUT2D eigenvalue weighted by molar-refractivity contribution is 5.65. The Kier molecular flexibility index (Phi) is 6.07. The van der Waals surface area contributed by atoms with E-state index in [1.807, 2.05) is 36.8 Å². The third-order valence-corrected chi connectivity index (χ3v) is 5.09. The van der Waals surface area contributed by atoms with E-state index in [9.17, 15) is 0 Å². The number of benzene rings is 1. The van der Waals surface area contributed by atoms with E-state index in [2.05, 4.69) is 63.2 Å². The molecule has 0 radical (unpaired) electrons. The molecule has 0 bridgehead atoms. The molecular formula is C24H25N5. The second-order valence-corrected chi connectivity index (χ2v) is 7.17. The monoisotopic (exact) mass is 383 g/mol. The van der Waals surface area contributed by atoms with Gasteiger partial charge in [-0.1, -0.05) is 42.5 Å². The van der Waals surface area contributed by atoms with Crippen molar-refractivity contribution in [1.82, 2.24) is 24.8 Å². The van der Waals surface area contributed by atoms with Crippen molar-refractivity contribution in [2.24, 2.45) is 0 Å². The molecule has 4 aromatic rings. The molecule has 5 nitrogen and oxygen atoms in total. The number of aryl methyl sites for hydroxylation is 1. The topological polar surface area (TPSA) is 57.7 Å². The number of aromatic nitrogens is 4. The maximum Gasteiger partial charge on any atom is 0.0921 e. The summed E-state index contributed by atoms with van der Waals surface area (Å²) in [7, 11) is 0. The van der Waals surface area contributed by atoms with E-state index in [1.165, 1.54) is 16.7 Å². The third kappa shape index (κ3) is 4.95. The molecule has 0 aliphatic rings. The molecule has 0 saturated heterocycles. The van der Waals surface area contributed by atoms with Gasteiger partial charge in [0.15, 0.2) is 0 Å². The highest BCUT2D eigenvalue weighted by Crippen LogP contribution is 2.23. The molecular weight excluding hydrogens is 358 g/mol. The quantitative estimate of drug-likeness (QED) is 0.489. The van der Waals surface area contributed by atoms with Gasteiger partial charge in [0.25, 0.3) is 0 Å². The number of hydrogen-bond acceptors (Lipinski definition) is 4. The van der Waals surface area contributed by atoms with Gasteiger partial charge in [-0.2, -0.15) is 0 Å². The van der Waals surface area contributed by atoms with Crippen LogP contribution in [0.15, 0.2) is 79.5 Å². The first-order valence-electron chi connectivity index (χ1n) is 9.89. The summed E-state index contributed by atoms with van der Waals surface area (Å²) in [6.07, 6.45) is 8.26. The van der Waals surface area contributed by atoms with Gasteiger partial charge in [0.1, 0.15) is 0 Å². The SMILES string of the molecule is Cc1cccnc1CN(CCc1cnc[nH]1)Cc1ncccc1-c1ccccc1. The molecule has 0 aliphatic carbocycles. The summed E-state index contributed by atoms with van der Waals surface area (Å²) in [6.45, 7) is 4.55. The third-order valence-electron chi connectivity index (χ3n) is 5.09. The number of nitrogens with one attached hydrogen (secondary N) is 1. The van der Waals surface area contributed by atoms with Gasteiger partial charge < -0.3 is 4.98 Å². The lowest BCUT2D eigenvalue weighted by Crippen LogP contribution is -2.27. The Bertz CT molecular complexity index is 1030. The van der Waals surface area contributed by atoms with E-state index >= 15 is 0 Å². The van der Waals surface area contributed by atoms with E-state index in [0.29, 0.717) is 0 Å². The lowest BCUT2D eigenvalue weighted by Gasteiger charge is -2.23. The largest absolute Gasteiger partial charge is 0.348 e. The smallest absolute Gasteiger partial charge is 0.0921 e. The first-order valence-corrected chi connectivity index (χ1v) is 9.89. The van der Waals surface area contributed by atoms with Crippen LogP contribution in [-0.2, 0) is 19.5 Å². The average Bonchev–Trinajstić information content (AvgIpc) is 3.28. The van der Waals surface area contributed by atoms with E-state index in [1.54, 1.807) is 6.33 Å². The Morgan fingerprint density at radius 3 is 2.38 bits per heavy atom. The van der Waals surface area contributed by atoms with Gasteiger partial charge >= 0.3 is 0 Å². The molecule has 146 valence electrons. The summed E-state index contributed by atoms with van der Waals surface area (Å²) in [5, 5.41) is 0. The minimum Gasteiger partial charge on any atom is -0.348 e. The zero-order valence-corrected chi connectivity index (χ0v) is 16.6. The van der Waals surface area contributed by atoms with Gasteiger partial charge in [-0.15, -0.1) is 0 Å². The Morgan fingerprint density at radius 1 is 0.862 bits per heavy atom. The van der Waals surface area contributed by atoms with Crippen molar-refractivity contribution in [1.29, 1.82) is 0 Å². The molecule has 3 heterocycles. The fourth-order valence-electron chi connectivity index (χ4n) is 3.47. The Labute approximate surface area is 171 Å². The second-order valence-electron chi connectivity index (χ2n) is 7.17. The van der Waals surface area contributed by atoms with Crippen LogP contribution in [0.5, 0.6) is 0 Å². The van der Waals surface area contributed by atoms with Crippen molar-refractivity contribution in [3.8, 4) is 11.1 Å². The highest BCUT2D eigenvalue weighted by Gasteiger charge is 2.14. The molecule has 0 saturated carbocycles. The number of imidazole rings is 1. The molecule has 0 unspecified atom stereocenters. The summed E-state index contributed by atoms with van der Waals surface area (Å²) in [6, 6.07) is 18.7. The summed E-state index contributed by atoms with van der Waals surface area (Å²) in [5.41, 5.74) is 6.90. The Hall–Kier alpha value is -3.31. The average molecular weight is 383 g/mol. The predicted octanol–water partition coefficient (Wildman–Crippen LogP) is 4.42. The van der Waals surface area contributed by atoms with Crippen LogP contribution in [0, 0.1) is 6.92 Å². The number of nitrogens with zero attached hydrogens (tertiary/aromatic N) is 4. The van der Waals surface area contributed by atoms with Crippen LogP contribution < -0.4 is 0 Å². The Balaban J connectivity index is 1.59. The second kappa shape index (κ2) is 9.26. The van der Waals surface area contributed by atoms with Crippen LogP contribution in [0.3, 0.4) is 0 Å². The van der Waals surface area contributed by atoms with Crippen molar-refractivity contribution < 1.29 is 0 Å². The molecule has 0 atom stereocenters. The van der Waals surface area contributed by atoms with Crippen LogP contribution in [0.25, 0.3) is 11.1 Å². The van der Waals surface area contributed by atoms with Gasteiger partial charge in [-0.05, 0) is 30.2 Å². The van der Waals surface area contributed by atoms with Crippen molar-refractivity contribution in [2.45, 2.75) is 26.4 Å². The van der Waals surface area contributed by atoms with Crippen LogP contribution >= 0.6 is 0 Å². The first kappa shape index (κ1) is 19.0. The van der Waals surface area contributed by atoms with E-state index in [0.717, 1.165) is 43.1 Å². The van der Waals surface area contributed by atoms with Gasteiger partial charge in [0.05, 0.1) is 17.7 Å². The van der Waals surface area contributed by atoms with Gasteiger partial charge in [-0.25, -0.2) is 4.98 Å². The minimum atomic E-state index is 0.759. The maximum atomic E-state index is 4.72. The number of H-pyrrole nitrogens is 1. The summed E-state index contributed by atoms with van der Waals surface area (Å²) in [5.74, 6) is 0. The van der Waals surface area contributed by atoms with Crippen molar-refractivity contribution in [2.75, 3.05) is 6.54 Å². The van der Waals surface area contributed by atoms with Crippen LogP contribution in [0.1, 0.15) is 22.6 Å². The van der Waals surface area contributed by atoms with E-state index in [-0.39, 0.29) is 0 Å². The van der Waals surface area contributed by atoms with E-state index < -0.39 is 0 Å². The molecule has 0 spiro atoms. The molecule has 0 amide bonds. The van der Waals surface area contributed by atoms with Gasteiger partial charge in [0, 0.05) is 55.9 Å². The summed E-state index contributed by atoms with van der Waals surface area (Å²) >= 11 is 0. The lowest BCUT2D eigenvalue weighted by atomic mass is 10.0. The zero-order valence-electron chi connectivity index (χ0n) is 16.6. The fourth-order valence-corrected chi connectivity index (χ4v) is 3.47. The van der Waals surface area contributed by atoms with E-state index in [4.69, 9.17) is 4.98 Å². The molecule has 0 fully saturated rings. The molecule has 4 rings (SSSR count). The van der Waals surface area contributed by atoms with Gasteiger partial charge in [-0.3, -0.25) is 14.9 Å².